The Bertz CT molecular complexity index is 531. The summed E-state index contributed by atoms with van der Waals surface area (Å²) >= 11 is 0. The van der Waals surface area contributed by atoms with Crippen LogP contribution in [0.3, 0.4) is 0 Å². The molecule has 1 aliphatic heterocycles. The van der Waals surface area contributed by atoms with Gasteiger partial charge in [-0.2, -0.15) is 0 Å². The zero-order valence-corrected chi connectivity index (χ0v) is 13.2. The number of nitrogens with one attached hydrogen (secondary N) is 1. The van der Waals surface area contributed by atoms with Crippen molar-refractivity contribution in [1.82, 2.24) is 9.62 Å². The molecule has 2 N–H and O–H groups in total. The van der Waals surface area contributed by atoms with Gasteiger partial charge in [-0.15, -0.1) is 0 Å². The molecule has 0 amide bonds. The Morgan fingerprint density at radius 2 is 2.10 bits per heavy atom. The molecule has 0 spiro atoms. The quantitative estimate of drug-likeness (QED) is 0.794. The second-order valence-electron chi connectivity index (χ2n) is 5.63. The monoisotopic (exact) mass is 312 g/mol. The van der Waals surface area contributed by atoms with Crippen LogP contribution < -0.4 is 4.72 Å². The molecule has 0 aliphatic carbocycles. The molecule has 1 heterocycles. The van der Waals surface area contributed by atoms with Crippen LogP contribution in [0.1, 0.15) is 26.2 Å². The summed E-state index contributed by atoms with van der Waals surface area (Å²) in [5.74, 6) is 0. The lowest BCUT2D eigenvalue weighted by molar-refractivity contribution is 0.135. The van der Waals surface area contributed by atoms with Gasteiger partial charge in [0.2, 0.25) is 10.0 Å². The van der Waals surface area contributed by atoms with Crippen LogP contribution in [0, 0.1) is 0 Å². The molecule has 1 aliphatic rings. The standard InChI is InChI=1S/C15H24N2O3S/c1-13(18)12-14-6-5-10-17(14)11-9-16-21(19,20)15-7-3-2-4-8-15/h2-4,7-8,13-14,16,18H,5-6,9-12H2,1H3. The number of aliphatic hydroxyl groups excluding tert-OH is 1. The summed E-state index contributed by atoms with van der Waals surface area (Å²) in [7, 11) is -3.42. The zero-order valence-electron chi connectivity index (χ0n) is 12.4. The van der Waals surface area contributed by atoms with Crippen molar-refractivity contribution in [1.29, 1.82) is 0 Å². The molecular formula is C15H24N2O3S. The van der Waals surface area contributed by atoms with Crippen molar-refractivity contribution >= 4 is 10.0 Å². The molecule has 5 nitrogen and oxygen atoms in total. The van der Waals surface area contributed by atoms with Crippen LogP contribution in [-0.4, -0.2) is 50.2 Å². The molecule has 0 aromatic heterocycles. The summed E-state index contributed by atoms with van der Waals surface area (Å²) in [5, 5.41) is 9.50. The fourth-order valence-corrected chi connectivity index (χ4v) is 3.90. The third-order valence-electron chi connectivity index (χ3n) is 3.86. The van der Waals surface area contributed by atoms with Crippen molar-refractivity contribution < 1.29 is 13.5 Å². The first-order valence-electron chi connectivity index (χ1n) is 7.46. The molecule has 2 rings (SSSR count). The number of nitrogens with zero attached hydrogens (tertiary/aromatic N) is 1. The van der Waals surface area contributed by atoms with Gasteiger partial charge in [0.15, 0.2) is 0 Å². The van der Waals surface area contributed by atoms with Gasteiger partial charge in [-0.1, -0.05) is 18.2 Å². The van der Waals surface area contributed by atoms with Gasteiger partial charge in [-0.3, -0.25) is 4.90 Å². The van der Waals surface area contributed by atoms with Gasteiger partial charge in [0.05, 0.1) is 11.0 Å². The van der Waals surface area contributed by atoms with Crippen molar-refractivity contribution in [2.45, 2.75) is 43.2 Å². The lowest BCUT2D eigenvalue weighted by atomic mass is 10.1. The van der Waals surface area contributed by atoms with Crippen molar-refractivity contribution in [3.05, 3.63) is 30.3 Å². The average Bonchev–Trinajstić information content (AvgIpc) is 2.86. The number of hydrogen-bond donors (Lipinski definition) is 2. The molecule has 0 saturated carbocycles. The Kier molecular flexibility index (Phi) is 5.75. The highest BCUT2D eigenvalue weighted by atomic mass is 32.2. The first kappa shape index (κ1) is 16.4. The summed E-state index contributed by atoms with van der Waals surface area (Å²) in [6.07, 6.45) is 2.64. The Morgan fingerprint density at radius 1 is 1.38 bits per heavy atom. The molecule has 0 radical (unpaired) electrons. The van der Waals surface area contributed by atoms with Crippen LogP contribution in [-0.2, 0) is 10.0 Å². The van der Waals surface area contributed by atoms with Gasteiger partial charge in [0, 0.05) is 19.1 Å². The molecule has 21 heavy (non-hydrogen) atoms. The summed E-state index contributed by atoms with van der Waals surface area (Å²) in [6.45, 7) is 3.86. The van der Waals surface area contributed by atoms with Crippen LogP contribution in [0.2, 0.25) is 0 Å². The third-order valence-corrected chi connectivity index (χ3v) is 5.33. The Hall–Kier alpha value is -0.950. The maximum atomic E-state index is 12.1. The van der Waals surface area contributed by atoms with Gasteiger partial charge < -0.3 is 5.11 Å². The van der Waals surface area contributed by atoms with E-state index in [0.717, 1.165) is 25.8 Å². The van der Waals surface area contributed by atoms with E-state index in [-0.39, 0.29) is 6.10 Å². The minimum atomic E-state index is -3.42. The number of aliphatic hydroxyl groups is 1. The second kappa shape index (κ2) is 7.35. The van der Waals surface area contributed by atoms with Gasteiger partial charge >= 0.3 is 0 Å². The van der Waals surface area contributed by atoms with E-state index in [2.05, 4.69) is 9.62 Å². The molecule has 118 valence electrons. The molecule has 1 fully saturated rings. The second-order valence-corrected chi connectivity index (χ2v) is 7.39. The molecule has 1 aromatic carbocycles. The lowest BCUT2D eigenvalue weighted by Gasteiger charge is -2.25. The van der Waals surface area contributed by atoms with Crippen LogP contribution in [0.15, 0.2) is 35.2 Å². The molecule has 0 bridgehead atoms. The van der Waals surface area contributed by atoms with Crippen molar-refractivity contribution in [3.63, 3.8) is 0 Å². The molecule has 2 atom stereocenters. The van der Waals surface area contributed by atoms with Crippen molar-refractivity contribution in [2.24, 2.45) is 0 Å². The van der Waals surface area contributed by atoms with Crippen LogP contribution in [0.4, 0.5) is 0 Å². The molecule has 6 heteroatoms. The number of rotatable bonds is 7. The topological polar surface area (TPSA) is 69.6 Å². The van der Waals surface area contributed by atoms with Crippen molar-refractivity contribution in [2.75, 3.05) is 19.6 Å². The minimum Gasteiger partial charge on any atom is -0.393 e. The molecule has 1 saturated heterocycles. The molecule has 2 unspecified atom stereocenters. The highest BCUT2D eigenvalue weighted by Crippen LogP contribution is 2.20. The first-order valence-corrected chi connectivity index (χ1v) is 8.94. The van der Waals surface area contributed by atoms with E-state index in [4.69, 9.17) is 0 Å². The van der Waals surface area contributed by atoms with E-state index in [9.17, 15) is 13.5 Å². The fourth-order valence-electron chi connectivity index (χ4n) is 2.86. The number of benzene rings is 1. The van der Waals surface area contributed by atoms with Gasteiger partial charge in [-0.05, 0) is 44.9 Å². The smallest absolute Gasteiger partial charge is 0.240 e. The maximum Gasteiger partial charge on any atom is 0.240 e. The summed E-state index contributed by atoms with van der Waals surface area (Å²) in [4.78, 5) is 2.56. The van der Waals surface area contributed by atoms with Crippen LogP contribution in [0.25, 0.3) is 0 Å². The van der Waals surface area contributed by atoms with E-state index < -0.39 is 10.0 Å². The minimum absolute atomic E-state index is 0.298. The van der Waals surface area contributed by atoms with Gasteiger partial charge in [0.25, 0.3) is 0 Å². The van der Waals surface area contributed by atoms with Crippen LogP contribution in [0.5, 0.6) is 0 Å². The molecular weight excluding hydrogens is 288 g/mol. The fraction of sp³-hybridized carbons (Fsp3) is 0.600. The first-order chi connectivity index (χ1) is 9.99. The maximum absolute atomic E-state index is 12.1. The summed E-state index contributed by atoms with van der Waals surface area (Å²) < 4.78 is 26.8. The lowest BCUT2D eigenvalue weighted by Crippen LogP contribution is -2.38. The summed E-state index contributed by atoms with van der Waals surface area (Å²) in [5.41, 5.74) is 0. The van der Waals surface area contributed by atoms with Crippen molar-refractivity contribution in [3.8, 4) is 0 Å². The van der Waals surface area contributed by atoms with E-state index >= 15 is 0 Å². The SMILES string of the molecule is CC(O)CC1CCCN1CCNS(=O)(=O)c1ccccc1. The van der Waals surface area contributed by atoms with Gasteiger partial charge in [0.1, 0.15) is 0 Å². The number of likely N-dealkylation sites (tertiary alicyclic amines) is 1. The van der Waals surface area contributed by atoms with Gasteiger partial charge in [-0.25, -0.2) is 13.1 Å². The Balaban J connectivity index is 1.84. The predicted octanol–water partition coefficient (Wildman–Crippen LogP) is 1.20. The number of hydrogen-bond acceptors (Lipinski definition) is 4. The number of sulfonamides is 1. The van der Waals surface area contributed by atoms with E-state index in [1.807, 2.05) is 0 Å². The highest BCUT2D eigenvalue weighted by Gasteiger charge is 2.25. The highest BCUT2D eigenvalue weighted by molar-refractivity contribution is 7.89. The predicted molar refractivity (Wildman–Crippen MR) is 82.5 cm³/mol. The normalized spacial score (nSPS) is 21.5. The van der Waals surface area contributed by atoms with E-state index in [1.54, 1.807) is 37.3 Å². The largest absolute Gasteiger partial charge is 0.393 e. The van der Waals surface area contributed by atoms with E-state index in [0.29, 0.717) is 24.0 Å². The average molecular weight is 312 g/mol. The third kappa shape index (κ3) is 4.78. The van der Waals surface area contributed by atoms with E-state index in [1.165, 1.54) is 0 Å². The summed E-state index contributed by atoms with van der Waals surface area (Å²) in [6, 6.07) is 8.78. The van der Waals surface area contributed by atoms with Crippen LogP contribution >= 0.6 is 0 Å². The Morgan fingerprint density at radius 3 is 2.76 bits per heavy atom. The molecule has 1 aromatic rings. The zero-order chi connectivity index (χ0) is 15.3. The Labute approximate surface area is 127 Å².